The van der Waals surface area contributed by atoms with E-state index in [1.165, 1.54) is 17.8 Å². The van der Waals surface area contributed by atoms with E-state index in [9.17, 15) is 23.3 Å². The molecular weight excluding hydrogens is 476 g/mol. The van der Waals surface area contributed by atoms with Crippen molar-refractivity contribution in [2.75, 3.05) is 30.9 Å². The Kier molecular flexibility index (Phi) is 8.52. The van der Waals surface area contributed by atoms with Gasteiger partial charge in [-0.15, -0.1) is 11.8 Å². The first-order valence-corrected chi connectivity index (χ1v) is 13.6. The second kappa shape index (κ2) is 11.4. The predicted octanol–water partition coefficient (Wildman–Crippen LogP) is 2.71. The lowest BCUT2D eigenvalue weighted by molar-refractivity contribution is -0.123. The van der Waals surface area contributed by atoms with Crippen molar-refractivity contribution in [1.82, 2.24) is 9.71 Å². The first kappa shape index (κ1) is 25.5. The fraction of sp³-hybridized carbons (Fsp3) is 0.391. The van der Waals surface area contributed by atoms with Crippen LogP contribution in [-0.4, -0.2) is 51.2 Å². The zero-order valence-corrected chi connectivity index (χ0v) is 20.6. The van der Waals surface area contributed by atoms with Crippen LogP contribution in [0.5, 0.6) is 0 Å². The number of carbonyl (C=O) groups excluding carboxylic acids is 2. The first-order valence-electron chi connectivity index (χ1n) is 10.8. The number of rotatable bonds is 8. The molecule has 0 radical (unpaired) electrons. The molecule has 0 atom stereocenters. The summed E-state index contributed by atoms with van der Waals surface area (Å²) in [5.41, 5.74) is 1.09. The van der Waals surface area contributed by atoms with Crippen molar-refractivity contribution >= 4 is 39.5 Å². The highest BCUT2D eigenvalue weighted by Crippen LogP contribution is 2.30. The Labute approximate surface area is 203 Å². The molecular formula is C23H26N4O5S2. The third-order valence-corrected chi connectivity index (χ3v) is 7.32. The molecule has 1 fully saturated rings. The summed E-state index contributed by atoms with van der Waals surface area (Å²) in [7, 11) is -3.80. The monoisotopic (exact) mass is 502 g/mol. The lowest BCUT2D eigenvalue weighted by Gasteiger charge is -2.32. The molecule has 1 aliphatic rings. The molecule has 1 N–H and O–H groups in total. The average Bonchev–Trinajstić information content (AvgIpc) is 2.83. The molecule has 0 unspecified atom stereocenters. The highest BCUT2D eigenvalue weighted by molar-refractivity contribution is 7.98. The second-order valence-corrected chi connectivity index (χ2v) is 10.2. The van der Waals surface area contributed by atoms with Crippen molar-refractivity contribution in [3.63, 3.8) is 0 Å². The number of piperidine rings is 1. The van der Waals surface area contributed by atoms with Crippen molar-refractivity contribution in [3.05, 3.63) is 53.1 Å². The third kappa shape index (κ3) is 6.27. The van der Waals surface area contributed by atoms with Crippen molar-refractivity contribution in [3.8, 4) is 6.07 Å². The molecule has 180 valence electrons. The van der Waals surface area contributed by atoms with E-state index in [4.69, 9.17) is 4.74 Å². The summed E-state index contributed by atoms with van der Waals surface area (Å²) in [6.45, 7) is 2.76. The van der Waals surface area contributed by atoms with E-state index in [2.05, 4.69) is 15.8 Å². The number of ether oxygens (including phenoxy) is 1. The molecule has 3 rings (SSSR count). The topological polar surface area (TPSA) is 129 Å². The van der Waals surface area contributed by atoms with E-state index in [1.807, 2.05) is 4.90 Å². The number of nitriles is 1. The summed E-state index contributed by atoms with van der Waals surface area (Å²) in [5.74, 6) is -1.35. The number of benzene rings is 1. The number of carbonyl (C=O) groups is 2. The summed E-state index contributed by atoms with van der Waals surface area (Å²) in [6.07, 6.45) is 2.61. The number of nitrogens with zero attached hydrogens (tertiary/aromatic N) is 3. The molecule has 0 aliphatic carbocycles. The van der Waals surface area contributed by atoms with Crippen LogP contribution in [0.25, 0.3) is 0 Å². The largest absolute Gasteiger partial charge is 0.462 e. The average molecular weight is 503 g/mol. The Hall–Kier alpha value is -3.10. The van der Waals surface area contributed by atoms with Crippen LogP contribution in [0.4, 0.5) is 5.82 Å². The minimum atomic E-state index is -3.80. The minimum absolute atomic E-state index is 0.215. The number of sulfonamides is 1. The van der Waals surface area contributed by atoms with Gasteiger partial charge in [-0.2, -0.15) is 5.26 Å². The predicted molar refractivity (Wildman–Crippen MR) is 129 cm³/mol. The number of thioether (sulfide) groups is 1. The van der Waals surface area contributed by atoms with Gasteiger partial charge in [-0.1, -0.05) is 30.3 Å². The molecule has 9 nitrogen and oxygen atoms in total. The van der Waals surface area contributed by atoms with Gasteiger partial charge in [0, 0.05) is 19.0 Å². The Morgan fingerprint density at radius 2 is 1.94 bits per heavy atom. The van der Waals surface area contributed by atoms with Gasteiger partial charge in [-0.3, -0.25) is 9.52 Å². The van der Waals surface area contributed by atoms with Gasteiger partial charge < -0.3 is 9.64 Å². The molecule has 1 amide bonds. The molecule has 0 bridgehead atoms. The molecule has 2 heterocycles. The van der Waals surface area contributed by atoms with Crippen LogP contribution in [-0.2, 0) is 25.3 Å². The molecule has 0 spiro atoms. The maximum atomic E-state index is 12.6. The summed E-state index contributed by atoms with van der Waals surface area (Å²) in [5, 5.41) is 10.1. The van der Waals surface area contributed by atoms with E-state index < -0.39 is 27.8 Å². The Morgan fingerprint density at radius 3 is 2.53 bits per heavy atom. The highest BCUT2D eigenvalue weighted by atomic mass is 32.2. The van der Waals surface area contributed by atoms with Gasteiger partial charge in [0.05, 0.1) is 23.5 Å². The van der Waals surface area contributed by atoms with Crippen molar-refractivity contribution in [2.45, 2.75) is 30.5 Å². The SMILES string of the molecule is CCOC(=O)c1cc(C#N)c(N2CCC(C(=O)NS(=O)(=O)Cc3ccccc3)CC2)nc1SC. The molecule has 1 aromatic heterocycles. The maximum absolute atomic E-state index is 12.6. The van der Waals surface area contributed by atoms with Gasteiger partial charge >= 0.3 is 5.97 Å². The summed E-state index contributed by atoms with van der Waals surface area (Å²) < 4.78 is 32.1. The van der Waals surface area contributed by atoms with Gasteiger partial charge in [-0.05, 0) is 37.7 Å². The number of nitrogens with one attached hydrogen (secondary N) is 1. The quantitative estimate of drug-likeness (QED) is 0.428. The standard InChI is InChI=1S/C23H26N4O5S2/c1-3-32-23(29)19-13-18(14-24)20(25-22(19)33-2)27-11-9-17(10-12-27)21(28)26-34(30,31)15-16-7-5-4-6-8-16/h4-8,13,17H,3,9-12,15H2,1-2H3,(H,26,28). The van der Waals surface area contributed by atoms with Crippen molar-refractivity contribution in [1.29, 1.82) is 5.26 Å². The summed E-state index contributed by atoms with van der Waals surface area (Å²) in [4.78, 5) is 31.3. The van der Waals surface area contributed by atoms with Gasteiger partial charge in [0.25, 0.3) is 0 Å². The number of anilines is 1. The van der Waals surface area contributed by atoms with Crippen LogP contribution in [0.1, 0.15) is 41.3 Å². The number of pyridine rings is 1. The second-order valence-electron chi connectivity index (χ2n) is 7.72. The first-order chi connectivity index (χ1) is 16.3. The number of esters is 1. The summed E-state index contributed by atoms with van der Waals surface area (Å²) in [6, 6.07) is 12.2. The Balaban J connectivity index is 1.67. The van der Waals surface area contributed by atoms with Crippen molar-refractivity contribution in [2.24, 2.45) is 5.92 Å². The normalized spacial score (nSPS) is 14.3. The third-order valence-electron chi connectivity index (χ3n) is 5.40. The minimum Gasteiger partial charge on any atom is -0.462 e. The molecule has 1 aliphatic heterocycles. The van der Waals surface area contributed by atoms with Gasteiger partial charge in [0.1, 0.15) is 16.9 Å². The zero-order chi connectivity index (χ0) is 24.7. The molecule has 0 saturated carbocycles. The van der Waals surface area contributed by atoms with Gasteiger partial charge in [0.2, 0.25) is 15.9 Å². The fourth-order valence-corrected chi connectivity index (χ4v) is 5.46. The number of aromatic nitrogens is 1. The van der Waals surface area contributed by atoms with E-state index in [0.29, 0.717) is 42.3 Å². The number of amides is 1. The van der Waals surface area contributed by atoms with E-state index >= 15 is 0 Å². The molecule has 11 heteroatoms. The van der Waals surface area contributed by atoms with Crippen LogP contribution in [0.3, 0.4) is 0 Å². The number of hydrogen-bond donors (Lipinski definition) is 1. The maximum Gasteiger partial charge on any atom is 0.340 e. The van der Waals surface area contributed by atoms with E-state index in [-0.39, 0.29) is 23.5 Å². The molecule has 34 heavy (non-hydrogen) atoms. The van der Waals surface area contributed by atoms with Crippen LogP contribution < -0.4 is 9.62 Å². The van der Waals surface area contributed by atoms with Crippen molar-refractivity contribution < 1.29 is 22.7 Å². The zero-order valence-electron chi connectivity index (χ0n) is 19.0. The molecule has 1 saturated heterocycles. The van der Waals surface area contributed by atoms with Gasteiger partial charge in [-0.25, -0.2) is 18.2 Å². The molecule has 1 aromatic carbocycles. The van der Waals surface area contributed by atoms with Crippen LogP contribution in [0, 0.1) is 17.2 Å². The van der Waals surface area contributed by atoms with E-state index in [0.717, 1.165) is 0 Å². The lowest BCUT2D eigenvalue weighted by Crippen LogP contribution is -2.43. The Morgan fingerprint density at radius 1 is 1.26 bits per heavy atom. The van der Waals surface area contributed by atoms with Crippen LogP contribution >= 0.6 is 11.8 Å². The highest BCUT2D eigenvalue weighted by Gasteiger charge is 2.30. The fourth-order valence-electron chi connectivity index (χ4n) is 3.74. The van der Waals surface area contributed by atoms with Gasteiger partial charge in [0.15, 0.2) is 0 Å². The Bertz CT molecular complexity index is 1190. The van der Waals surface area contributed by atoms with Crippen LogP contribution in [0.15, 0.2) is 41.4 Å². The van der Waals surface area contributed by atoms with Crippen LogP contribution in [0.2, 0.25) is 0 Å². The van der Waals surface area contributed by atoms with E-state index in [1.54, 1.807) is 43.5 Å². The lowest BCUT2D eigenvalue weighted by atomic mass is 9.96. The summed E-state index contributed by atoms with van der Waals surface area (Å²) >= 11 is 1.28. The smallest absolute Gasteiger partial charge is 0.340 e. The molecule has 2 aromatic rings. The number of hydrogen-bond acceptors (Lipinski definition) is 9.